The molecule has 1 aliphatic heterocycles. The first-order chi connectivity index (χ1) is 17.0. The van der Waals surface area contributed by atoms with E-state index in [1.165, 1.54) is 38.5 Å². The fraction of sp³-hybridized carbons (Fsp3) is 0.586. The molecule has 192 valence electrons. The zero-order valence-electron chi connectivity index (χ0n) is 20.6. The molecular weight excluding hydrogens is 444 g/mol. The summed E-state index contributed by atoms with van der Waals surface area (Å²) >= 11 is 0. The molecule has 1 heterocycles. The molecular formula is C29H40O6. The average molecular weight is 485 g/mol. The van der Waals surface area contributed by atoms with Crippen LogP contribution in [0.5, 0.6) is 5.75 Å². The zero-order valence-corrected chi connectivity index (χ0v) is 20.6. The molecule has 2 aliphatic rings. The van der Waals surface area contributed by atoms with Gasteiger partial charge in [0.15, 0.2) is 0 Å². The number of aliphatic hydroxyl groups excluding tert-OH is 4. The van der Waals surface area contributed by atoms with Crippen molar-refractivity contribution in [2.24, 2.45) is 11.8 Å². The van der Waals surface area contributed by atoms with E-state index in [2.05, 4.69) is 6.92 Å². The third kappa shape index (κ3) is 6.43. The molecule has 0 unspecified atom stereocenters. The van der Waals surface area contributed by atoms with Crippen molar-refractivity contribution in [2.45, 2.75) is 89.0 Å². The summed E-state index contributed by atoms with van der Waals surface area (Å²) in [5.74, 6) is 2.23. The van der Waals surface area contributed by atoms with Crippen LogP contribution < -0.4 is 4.74 Å². The predicted molar refractivity (Wildman–Crippen MR) is 134 cm³/mol. The normalized spacial score (nSPS) is 31.3. The van der Waals surface area contributed by atoms with Crippen molar-refractivity contribution < 1.29 is 29.9 Å². The molecule has 2 aromatic carbocycles. The predicted octanol–water partition coefficient (Wildman–Crippen LogP) is 3.93. The Morgan fingerprint density at radius 2 is 1.60 bits per heavy atom. The topological polar surface area (TPSA) is 99.4 Å². The van der Waals surface area contributed by atoms with Gasteiger partial charge in [-0.15, -0.1) is 0 Å². The summed E-state index contributed by atoms with van der Waals surface area (Å²) in [6.45, 7) is 2.29. The van der Waals surface area contributed by atoms with Crippen LogP contribution >= 0.6 is 0 Å². The van der Waals surface area contributed by atoms with Gasteiger partial charge in [-0.2, -0.15) is 0 Å². The lowest BCUT2D eigenvalue weighted by atomic mass is 9.77. The molecule has 6 nitrogen and oxygen atoms in total. The van der Waals surface area contributed by atoms with Gasteiger partial charge in [0.25, 0.3) is 0 Å². The van der Waals surface area contributed by atoms with Gasteiger partial charge in [0, 0.05) is 0 Å². The molecule has 0 bridgehead atoms. The minimum Gasteiger partial charge on any atom is -0.489 e. The summed E-state index contributed by atoms with van der Waals surface area (Å²) < 4.78 is 12.1. The number of hydrogen-bond acceptors (Lipinski definition) is 6. The van der Waals surface area contributed by atoms with Gasteiger partial charge in [-0.3, -0.25) is 0 Å². The van der Waals surface area contributed by atoms with Gasteiger partial charge in [-0.1, -0.05) is 69.0 Å². The Morgan fingerprint density at radius 3 is 2.29 bits per heavy atom. The highest BCUT2D eigenvalue weighted by molar-refractivity contribution is 5.39. The molecule has 4 rings (SSSR count). The number of hydrogen-bond donors (Lipinski definition) is 4. The molecule has 1 saturated heterocycles. The lowest BCUT2D eigenvalue weighted by Gasteiger charge is -2.40. The summed E-state index contributed by atoms with van der Waals surface area (Å²) in [5, 5.41) is 40.7. The molecule has 4 N–H and O–H groups in total. The molecule has 2 fully saturated rings. The van der Waals surface area contributed by atoms with Gasteiger partial charge < -0.3 is 29.9 Å². The van der Waals surface area contributed by atoms with Gasteiger partial charge in [0.05, 0.1) is 6.61 Å². The van der Waals surface area contributed by atoms with Gasteiger partial charge in [-0.05, 0) is 59.9 Å². The third-order valence-electron chi connectivity index (χ3n) is 7.71. The quantitative estimate of drug-likeness (QED) is 0.431. The van der Waals surface area contributed by atoms with E-state index in [1.807, 2.05) is 48.5 Å². The van der Waals surface area contributed by atoms with Crippen LogP contribution in [-0.4, -0.2) is 51.4 Å². The van der Waals surface area contributed by atoms with Crippen molar-refractivity contribution >= 4 is 0 Å². The zero-order chi connectivity index (χ0) is 24.8. The Labute approximate surface area is 208 Å². The lowest BCUT2D eigenvalue weighted by molar-refractivity contribution is -0.231. The van der Waals surface area contributed by atoms with E-state index in [1.54, 1.807) is 0 Å². The highest BCUT2D eigenvalue weighted by Gasteiger charge is 2.44. The maximum atomic E-state index is 10.6. The minimum atomic E-state index is -1.39. The fourth-order valence-corrected chi connectivity index (χ4v) is 5.63. The van der Waals surface area contributed by atoms with Crippen LogP contribution in [0.1, 0.15) is 68.2 Å². The van der Waals surface area contributed by atoms with Crippen LogP contribution in [0.2, 0.25) is 0 Å². The van der Waals surface area contributed by atoms with E-state index in [-0.39, 0.29) is 0 Å². The molecule has 0 amide bonds. The molecule has 0 spiro atoms. The smallest absolute Gasteiger partial charge is 0.123 e. The largest absolute Gasteiger partial charge is 0.489 e. The standard InChI is InChI=1S/C29H40O6/c1-2-6-19-9-11-20(12-10-19)15-23-16-22(29-28(33)27(32)26(31)25(17-30)35-29)13-14-24(23)34-18-21-7-4-3-5-8-21/h3-5,7-8,13-14,16,19-20,25-33H,2,6,9-12,15,17-18H2,1H3/t19?,20?,25-,26-,27+,28-,29+/m1/s1. The van der Waals surface area contributed by atoms with E-state index < -0.39 is 37.1 Å². The Balaban J connectivity index is 1.54. The average Bonchev–Trinajstić information content (AvgIpc) is 2.89. The van der Waals surface area contributed by atoms with Crippen molar-refractivity contribution in [3.8, 4) is 5.75 Å². The van der Waals surface area contributed by atoms with Gasteiger partial charge in [0.1, 0.15) is 42.9 Å². The van der Waals surface area contributed by atoms with E-state index in [4.69, 9.17) is 9.47 Å². The van der Waals surface area contributed by atoms with E-state index in [9.17, 15) is 20.4 Å². The molecule has 0 radical (unpaired) electrons. The third-order valence-corrected chi connectivity index (χ3v) is 7.71. The molecule has 1 saturated carbocycles. The van der Waals surface area contributed by atoms with Gasteiger partial charge in [-0.25, -0.2) is 0 Å². The van der Waals surface area contributed by atoms with Crippen LogP contribution in [0.3, 0.4) is 0 Å². The second-order valence-electron chi connectivity index (χ2n) is 10.3. The van der Waals surface area contributed by atoms with Crippen LogP contribution in [-0.2, 0) is 17.8 Å². The van der Waals surface area contributed by atoms with Crippen molar-refractivity contribution in [1.82, 2.24) is 0 Å². The van der Waals surface area contributed by atoms with Crippen LogP contribution in [0.4, 0.5) is 0 Å². The van der Waals surface area contributed by atoms with E-state index in [0.717, 1.165) is 29.2 Å². The van der Waals surface area contributed by atoms with Crippen molar-refractivity contribution in [3.63, 3.8) is 0 Å². The van der Waals surface area contributed by atoms with Crippen molar-refractivity contribution in [2.75, 3.05) is 6.61 Å². The number of rotatable bonds is 9. The second kappa shape index (κ2) is 12.3. The van der Waals surface area contributed by atoms with Crippen LogP contribution in [0, 0.1) is 11.8 Å². The Morgan fingerprint density at radius 1 is 0.886 bits per heavy atom. The molecule has 6 heteroatoms. The number of ether oxygens (including phenoxy) is 2. The monoisotopic (exact) mass is 484 g/mol. The maximum absolute atomic E-state index is 10.6. The summed E-state index contributed by atoms with van der Waals surface area (Å²) in [5.41, 5.74) is 2.87. The first-order valence-corrected chi connectivity index (χ1v) is 13.1. The molecule has 35 heavy (non-hydrogen) atoms. The number of benzene rings is 2. The molecule has 0 aromatic heterocycles. The molecule has 1 aliphatic carbocycles. The lowest BCUT2D eigenvalue weighted by Crippen LogP contribution is -2.55. The summed E-state index contributed by atoms with van der Waals surface area (Å²) in [6, 6.07) is 15.8. The van der Waals surface area contributed by atoms with Crippen LogP contribution in [0.25, 0.3) is 0 Å². The Hall–Kier alpha value is -1.96. The highest BCUT2D eigenvalue weighted by atomic mass is 16.5. The first kappa shape index (κ1) is 26.1. The second-order valence-corrected chi connectivity index (χ2v) is 10.3. The van der Waals surface area contributed by atoms with Crippen LogP contribution in [0.15, 0.2) is 48.5 Å². The summed E-state index contributed by atoms with van der Waals surface area (Å²) in [7, 11) is 0. The highest BCUT2D eigenvalue weighted by Crippen LogP contribution is 2.38. The Bertz CT molecular complexity index is 909. The summed E-state index contributed by atoms with van der Waals surface area (Å²) in [4.78, 5) is 0. The van der Waals surface area contributed by atoms with E-state index in [0.29, 0.717) is 18.1 Å². The molecule has 2 aromatic rings. The Kier molecular flexibility index (Phi) is 9.20. The van der Waals surface area contributed by atoms with Gasteiger partial charge >= 0.3 is 0 Å². The minimum absolute atomic E-state index is 0.437. The molecule has 5 atom stereocenters. The van der Waals surface area contributed by atoms with Crippen molar-refractivity contribution in [1.29, 1.82) is 0 Å². The fourth-order valence-electron chi connectivity index (χ4n) is 5.63. The summed E-state index contributed by atoms with van der Waals surface area (Å²) in [6.07, 6.45) is 2.57. The number of aliphatic hydroxyl groups is 4. The van der Waals surface area contributed by atoms with Gasteiger partial charge in [0.2, 0.25) is 0 Å². The first-order valence-electron chi connectivity index (χ1n) is 13.1. The van der Waals surface area contributed by atoms with Crippen molar-refractivity contribution in [3.05, 3.63) is 65.2 Å². The SMILES string of the molecule is CCCC1CCC(Cc2cc([C@@H]3O[C@H](CO)[C@@H](O)[C@H](O)[C@H]3O)ccc2OCc2ccccc2)CC1. The van der Waals surface area contributed by atoms with E-state index >= 15 is 0 Å². The maximum Gasteiger partial charge on any atom is 0.123 e.